The fourth-order valence-corrected chi connectivity index (χ4v) is 8.94. The number of benzene rings is 1. The van der Waals surface area contributed by atoms with Crippen molar-refractivity contribution < 1.29 is 27.5 Å². The number of amidine groups is 1. The second-order valence-electron chi connectivity index (χ2n) is 10.0. The lowest BCUT2D eigenvalue weighted by Gasteiger charge is -2.44. The summed E-state index contributed by atoms with van der Waals surface area (Å²) in [5.41, 5.74) is 0.998. The first-order chi connectivity index (χ1) is 17.6. The SMILES string of the molecule is CC(=O)NCc1csc2c1S(=O)(=O)N=C(C1=C(O)[C@@H]3[C@H]4CC[C@H](C4)[C@@H]3N(Cc3ccc(F)cc3)C1=O)N2. The zero-order valence-corrected chi connectivity index (χ0v) is 21.5. The minimum Gasteiger partial charge on any atom is -0.511 e. The molecule has 2 bridgehead atoms. The van der Waals surface area contributed by atoms with Crippen LogP contribution in [-0.2, 0) is 32.7 Å². The summed E-state index contributed by atoms with van der Waals surface area (Å²) in [5.74, 6) is -1.36. The van der Waals surface area contributed by atoms with Crippen LogP contribution in [0, 0.1) is 23.6 Å². The zero-order chi connectivity index (χ0) is 26.1. The molecule has 4 atom stereocenters. The van der Waals surface area contributed by atoms with Crippen LogP contribution in [0.5, 0.6) is 0 Å². The number of thiophene rings is 1. The Morgan fingerprint density at radius 3 is 2.73 bits per heavy atom. The van der Waals surface area contributed by atoms with E-state index in [-0.39, 0.29) is 75.7 Å². The number of hydrogen-bond donors (Lipinski definition) is 3. The smallest absolute Gasteiger partial charge is 0.287 e. The van der Waals surface area contributed by atoms with Crippen molar-refractivity contribution in [2.75, 3.05) is 5.32 Å². The van der Waals surface area contributed by atoms with Crippen LogP contribution in [0.1, 0.15) is 37.3 Å². The maximum absolute atomic E-state index is 13.9. The van der Waals surface area contributed by atoms with Crippen LogP contribution in [0.4, 0.5) is 9.39 Å². The van der Waals surface area contributed by atoms with Gasteiger partial charge in [-0.25, -0.2) is 4.39 Å². The van der Waals surface area contributed by atoms with Crippen molar-refractivity contribution in [1.29, 1.82) is 0 Å². The summed E-state index contributed by atoms with van der Waals surface area (Å²) in [6.07, 6.45) is 2.78. The number of anilines is 1. The summed E-state index contributed by atoms with van der Waals surface area (Å²) in [6.45, 7) is 1.58. The predicted octanol–water partition coefficient (Wildman–Crippen LogP) is 3.31. The molecule has 6 rings (SSSR count). The predicted molar refractivity (Wildman–Crippen MR) is 135 cm³/mol. The second-order valence-corrected chi connectivity index (χ2v) is 12.5. The third-order valence-electron chi connectivity index (χ3n) is 7.83. The zero-order valence-electron chi connectivity index (χ0n) is 19.9. The lowest BCUT2D eigenvalue weighted by molar-refractivity contribution is -0.134. The van der Waals surface area contributed by atoms with Crippen molar-refractivity contribution >= 4 is 44.0 Å². The number of fused-ring (bicyclic) bond motifs is 6. The van der Waals surface area contributed by atoms with E-state index in [0.29, 0.717) is 5.56 Å². The molecule has 0 spiro atoms. The van der Waals surface area contributed by atoms with Gasteiger partial charge in [-0.2, -0.15) is 8.42 Å². The molecule has 2 fully saturated rings. The number of nitrogens with zero attached hydrogens (tertiary/aromatic N) is 2. The Morgan fingerprint density at radius 1 is 1.27 bits per heavy atom. The highest BCUT2D eigenvalue weighted by Gasteiger charge is 2.57. The number of aliphatic hydroxyl groups is 1. The number of halogens is 1. The van der Waals surface area contributed by atoms with Gasteiger partial charge in [0.2, 0.25) is 5.91 Å². The number of carbonyl (C=O) groups is 2. The van der Waals surface area contributed by atoms with Crippen molar-refractivity contribution in [2.24, 2.45) is 22.2 Å². The molecule has 2 aromatic rings. The molecule has 1 aromatic heterocycles. The number of sulfonamides is 1. The van der Waals surface area contributed by atoms with Gasteiger partial charge in [-0.15, -0.1) is 15.7 Å². The molecule has 37 heavy (non-hydrogen) atoms. The highest BCUT2D eigenvalue weighted by molar-refractivity contribution is 7.90. The number of hydrogen-bond acceptors (Lipinski definition) is 7. The summed E-state index contributed by atoms with van der Waals surface area (Å²) in [4.78, 5) is 26.9. The highest BCUT2D eigenvalue weighted by atomic mass is 32.2. The van der Waals surface area contributed by atoms with Crippen LogP contribution in [0.3, 0.4) is 0 Å². The van der Waals surface area contributed by atoms with Gasteiger partial charge in [-0.3, -0.25) is 9.59 Å². The minimum atomic E-state index is -4.21. The van der Waals surface area contributed by atoms with Crippen molar-refractivity contribution in [3.63, 3.8) is 0 Å². The lowest BCUT2D eigenvalue weighted by atomic mass is 9.77. The van der Waals surface area contributed by atoms with Crippen molar-refractivity contribution in [3.05, 3.63) is 57.9 Å². The monoisotopic (exact) mass is 544 g/mol. The van der Waals surface area contributed by atoms with Crippen molar-refractivity contribution in [2.45, 2.75) is 50.2 Å². The van der Waals surface area contributed by atoms with Crippen LogP contribution in [-0.4, -0.2) is 42.1 Å². The van der Waals surface area contributed by atoms with Gasteiger partial charge in [0.15, 0.2) is 5.84 Å². The topological polar surface area (TPSA) is 128 Å². The van der Waals surface area contributed by atoms with Gasteiger partial charge in [0.25, 0.3) is 15.9 Å². The van der Waals surface area contributed by atoms with E-state index in [1.165, 1.54) is 19.1 Å². The Balaban J connectivity index is 1.39. The van der Waals surface area contributed by atoms with E-state index in [4.69, 9.17) is 0 Å². The molecule has 194 valence electrons. The Labute approximate surface area is 217 Å². The maximum Gasteiger partial charge on any atom is 0.287 e. The van der Waals surface area contributed by atoms with Crippen molar-refractivity contribution in [1.82, 2.24) is 10.2 Å². The maximum atomic E-state index is 13.9. The first-order valence-electron chi connectivity index (χ1n) is 12.1. The third kappa shape index (κ3) is 3.93. The van der Waals surface area contributed by atoms with E-state index in [1.54, 1.807) is 22.4 Å². The van der Waals surface area contributed by atoms with E-state index in [2.05, 4.69) is 15.0 Å². The van der Waals surface area contributed by atoms with Gasteiger partial charge in [0.05, 0.1) is 0 Å². The van der Waals surface area contributed by atoms with E-state index in [0.717, 1.165) is 36.2 Å². The molecule has 2 saturated carbocycles. The van der Waals surface area contributed by atoms with Crippen LogP contribution in [0.15, 0.2) is 50.3 Å². The molecule has 2 amide bonds. The van der Waals surface area contributed by atoms with E-state index >= 15 is 0 Å². The van der Waals surface area contributed by atoms with Crippen LogP contribution >= 0.6 is 11.3 Å². The fraction of sp³-hybridized carbons (Fsp3) is 0.400. The summed E-state index contributed by atoms with van der Waals surface area (Å²) in [6, 6.07) is 5.72. The summed E-state index contributed by atoms with van der Waals surface area (Å²) >= 11 is 1.13. The Bertz CT molecular complexity index is 1480. The molecule has 1 aromatic carbocycles. The van der Waals surface area contributed by atoms with Crippen LogP contribution < -0.4 is 10.6 Å². The van der Waals surface area contributed by atoms with Gasteiger partial charge in [0.1, 0.15) is 27.0 Å². The van der Waals surface area contributed by atoms with Gasteiger partial charge in [-0.05, 0) is 54.2 Å². The molecule has 9 nitrogen and oxygen atoms in total. The molecule has 12 heteroatoms. The first-order valence-corrected chi connectivity index (χ1v) is 14.4. The quantitative estimate of drug-likeness (QED) is 0.530. The largest absolute Gasteiger partial charge is 0.511 e. The van der Waals surface area contributed by atoms with Crippen molar-refractivity contribution in [3.8, 4) is 0 Å². The number of nitrogens with one attached hydrogen (secondary N) is 2. The van der Waals surface area contributed by atoms with E-state index < -0.39 is 15.9 Å². The first kappa shape index (κ1) is 24.1. The molecule has 4 aliphatic rings. The third-order valence-corrected chi connectivity index (χ3v) is 10.3. The molecule has 0 saturated heterocycles. The van der Waals surface area contributed by atoms with Gasteiger partial charge in [-0.1, -0.05) is 12.1 Å². The molecule has 3 heterocycles. The average Bonchev–Trinajstić information content (AvgIpc) is 3.56. The van der Waals surface area contributed by atoms with Crippen LogP contribution in [0.25, 0.3) is 0 Å². The lowest BCUT2D eigenvalue weighted by Crippen LogP contribution is -2.53. The van der Waals surface area contributed by atoms with Gasteiger partial charge in [0, 0.05) is 37.5 Å². The number of carbonyl (C=O) groups excluding carboxylic acids is 2. The van der Waals surface area contributed by atoms with E-state index in [1.807, 2.05) is 0 Å². The standard InChI is InChI=1S/C25H25FN4O5S2/c1-12(31)27-9-16-11-36-24-22(16)37(34,35)29-23(28-24)19-21(32)18-14-4-5-15(8-14)20(18)30(25(19)33)10-13-2-6-17(26)7-3-13/h2-3,6-7,11,14-15,18,20,32H,4-5,8-10H2,1H3,(H,27,31)(H,28,29)/t14-,15+,18+,20-/m0/s1. The van der Waals surface area contributed by atoms with Crippen LogP contribution in [0.2, 0.25) is 0 Å². The molecule has 3 N–H and O–H groups in total. The number of aliphatic hydroxyl groups excluding tert-OH is 1. The van der Waals surface area contributed by atoms with Gasteiger partial charge < -0.3 is 20.6 Å². The molecular formula is C25H25FN4O5S2. The highest BCUT2D eigenvalue weighted by Crippen LogP contribution is 2.55. The average molecular weight is 545 g/mol. The Kier molecular flexibility index (Phi) is 5.64. The minimum absolute atomic E-state index is 0.0259. The molecule has 2 aliphatic carbocycles. The Hall–Kier alpha value is -3.25. The molecule has 2 aliphatic heterocycles. The normalized spacial score (nSPS) is 27.5. The second kappa shape index (κ2) is 8.66. The van der Waals surface area contributed by atoms with E-state index in [9.17, 15) is 27.5 Å². The molecule has 0 unspecified atom stereocenters. The number of rotatable bonds is 5. The molecule has 0 radical (unpaired) electrons. The summed E-state index contributed by atoms with van der Waals surface area (Å²) in [7, 11) is -4.21. The Morgan fingerprint density at radius 2 is 2.00 bits per heavy atom. The summed E-state index contributed by atoms with van der Waals surface area (Å²) in [5, 5.41) is 18.9. The number of amides is 2. The summed E-state index contributed by atoms with van der Waals surface area (Å²) < 4.78 is 43.9. The van der Waals surface area contributed by atoms with Gasteiger partial charge >= 0.3 is 0 Å². The molecular weight excluding hydrogens is 519 g/mol. The fourth-order valence-electron chi connectivity index (χ4n) is 6.33.